The normalized spacial score (nSPS) is 11.1. The van der Waals surface area contributed by atoms with Crippen LogP contribution in [0.15, 0.2) is 96.1 Å². The first-order valence-electron chi connectivity index (χ1n) is 9.15. The van der Waals surface area contributed by atoms with Crippen LogP contribution >= 0.6 is 0 Å². The maximum absolute atomic E-state index is 12.9. The smallest absolute Gasteiger partial charge is 0.265 e. The van der Waals surface area contributed by atoms with E-state index in [9.17, 15) is 4.79 Å². The average molecular weight is 356 g/mol. The van der Waals surface area contributed by atoms with Crippen LogP contribution in [-0.4, -0.2) is 9.55 Å². The van der Waals surface area contributed by atoms with Crippen LogP contribution in [0.1, 0.15) is 11.1 Å². The molecule has 1 aromatic heterocycles. The van der Waals surface area contributed by atoms with Crippen LogP contribution in [0.5, 0.6) is 0 Å². The lowest BCUT2D eigenvalue weighted by Gasteiger charge is -2.21. The van der Waals surface area contributed by atoms with Crippen molar-refractivity contribution in [1.29, 1.82) is 0 Å². The summed E-state index contributed by atoms with van der Waals surface area (Å²) < 4.78 is 1.73. The Labute approximate surface area is 158 Å². The van der Waals surface area contributed by atoms with E-state index in [4.69, 9.17) is 0 Å². The van der Waals surface area contributed by atoms with Gasteiger partial charge in [0.1, 0.15) is 19.4 Å². The average Bonchev–Trinajstić information content (AvgIpc) is 2.72. The minimum atomic E-state index is 0.0132. The summed E-state index contributed by atoms with van der Waals surface area (Å²) in [4.78, 5) is 18.6. The lowest BCUT2D eigenvalue weighted by molar-refractivity contribution is -0.949. The van der Waals surface area contributed by atoms with Crippen LogP contribution in [0.4, 0.5) is 0 Å². The number of nitrogens with one attached hydrogen (secondary N) is 1. The summed E-state index contributed by atoms with van der Waals surface area (Å²) in [5.74, 6) is 0. The molecule has 0 saturated carbocycles. The molecule has 0 amide bonds. The van der Waals surface area contributed by atoms with Crippen LogP contribution in [0.25, 0.3) is 10.9 Å². The minimum absolute atomic E-state index is 0.0132. The van der Waals surface area contributed by atoms with Gasteiger partial charge in [0.15, 0.2) is 6.67 Å². The van der Waals surface area contributed by atoms with Gasteiger partial charge in [0, 0.05) is 11.1 Å². The fourth-order valence-electron chi connectivity index (χ4n) is 3.40. The highest BCUT2D eigenvalue weighted by Crippen LogP contribution is 2.04. The Kier molecular flexibility index (Phi) is 5.08. The molecule has 0 atom stereocenters. The quantitative estimate of drug-likeness (QED) is 0.577. The monoisotopic (exact) mass is 356 g/mol. The van der Waals surface area contributed by atoms with Crippen LogP contribution in [-0.2, 0) is 19.8 Å². The van der Waals surface area contributed by atoms with Gasteiger partial charge in [-0.2, -0.15) is 0 Å². The fourth-order valence-corrected chi connectivity index (χ4v) is 3.40. The van der Waals surface area contributed by atoms with E-state index in [-0.39, 0.29) is 5.56 Å². The molecule has 4 heteroatoms. The molecule has 0 saturated heterocycles. The van der Waals surface area contributed by atoms with E-state index in [0.717, 1.165) is 18.6 Å². The van der Waals surface area contributed by atoms with Gasteiger partial charge in [-0.25, -0.2) is 9.55 Å². The zero-order valence-corrected chi connectivity index (χ0v) is 15.1. The zero-order chi connectivity index (χ0) is 18.5. The maximum Gasteiger partial charge on any atom is 0.265 e. The molecular weight excluding hydrogens is 334 g/mol. The molecule has 1 N–H and O–H groups in total. The SMILES string of the molecule is O=c1c2ccccc2ncn1C[NH+](Cc1ccccc1)Cc1ccccc1. The first-order valence-corrected chi connectivity index (χ1v) is 9.15. The third kappa shape index (κ3) is 4.13. The Morgan fingerprint density at radius 3 is 1.93 bits per heavy atom. The summed E-state index contributed by atoms with van der Waals surface area (Å²) in [6.07, 6.45) is 1.67. The number of nitrogens with zero attached hydrogens (tertiary/aromatic N) is 2. The maximum atomic E-state index is 12.9. The highest BCUT2D eigenvalue weighted by molar-refractivity contribution is 5.76. The van der Waals surface area contributed by atoms with Crippen molar-refractivity contribution in [3.63, 3.8) is 0 Å². The third-order valence-electron chi connectivity index (χ3n) is 4.72. The Hall–Kier alpha value is -3.24. The van der Waals surface area contributed by atoms with Crippen molar-refractivity contribution >= 4 is 10.9 Å². The highest BCUT2D eigenvalue weighted by atomic mass is 16.1. The number of aromatic nitrogens is 2. The molecule has 27 heavy (non-hydrogen) atoms. The Balaban J connectivity index is 1.64. The first-order chi connectivity index (χ1) is 13.3. The van der Waals surface area contributed by atoms with E-state index in [2.05, 4.69) is 53.5 Å². The molecule has 3 aromatic carbocycles. The van der Waals surface area contributed by atoms with Crippen molar-refractivity contribution in [2.24, 2.45) is 0 Å². The van der Waals surface area contributed by atoms with E-state index in [1.165, 1.54) is 16.0 Å². The molecule has 0 radical (unpaired) electrons. The van der Waals surface area contributed by atoms with Gasteiger partial charge in [-0.3, -0.25) is 4.79 Å². The summed E-state index contributed by atoms with van der Waals surface area (Å²) in [6, 6.07) is 28.3. The molecule has 4 rings (SSSR count). The van der Waals surface area contributed by atoms with Crippen molar-refractivity contribution < 1.29 is 4.90 Å². The topological polar surface area (TPSA) is 39.3 Å². The lowest BCUT2D eigenvalue weighted by atomic mass is 10.2. The van der Waals surface area contributed by atoms with E-state index < -0.39 is 0 Å². The zero-order valence-electron chi connectivity index (χ0n) is 15.1. The van der Waals surface area contributed by atoms with Crippen molar-refractivity contribution in [3.05, 3.63) is 113 Å². The molecule has 0 bridgehead atoms. The number of fused-ring (bicyclic) bond motifs is 1. The van der Waals surface area contributed by atoms with Crippen LogP contribution in [0.2, 0.25) is 0 Å². The Bertz CT molecular complexity index is 1030. The predicted molar refractivity (Wildman–Crippen MR) is 107 cm³/mol. The van der Waals surface area contributed by atoms with Gasteiger partial charge in [-0.1, -0.05) is 72.8 Å². The largest absolute Gasteiger partial charge is 0.310 e. The van der Waals surface area contributed by atoms with Gasteiger partial charge in [0.2, 0.25) is 0 Å². The molecule has 0 aliphatic heterocycles. The second-order valence-electron chi connectivity index (χ2n) is 6.77. The molecule has 0 aliphatic carbocycles. The second-order valence-corrected chi connectivity index (χ2v) is 6.77. The van der Waals surface area contributed by atoms with E-state index in [1.54, 1.807) is 10.9 Å². The van der Waals surface area contributed by atoms with Crippen LogP contribution in [0.3, 0.4) is 0 Å². The summed E-state index contributed by atoms with van der Waals surface area (Å²) in [7, 11) is 0. The molecule has 4 aromatic rings. The van der Waals surface area contributed by atoms with Crippen LogP contribution < -0.4 is 10.5 Å². The number of quaternary nitrogens is 1. The Morgan fingerprint density at radius 1 is 0.741 bits per heavy atom. The molecule has 1 heterocycles. The van der Waals surface area contributed by atoms with Gasteiger partial charge in [0.25, 0.3) is 5.56 Å². The van der Waals surface area contributed by atoms with Gasteiger partial charge >= 0.3 is 0 Å². The summed E-state index contributed by atoms with van der Waals surface area (Å²) >= 11 is 0. The van der Waals surface area contributed by atoms with E-state index >= 15 is 0 Å². The summed E-state index contributed by atoms with van der Waals surface area (Å²) in [5.41, 5.74) is 3.26. The van der Waals surface area contributed by atoms with E-state index in [0.29, 0.717) is 12.1 Å². The van der Waals surface area contributed by atoms with Gasteiger partial charge < -0.3 is 4.90 Å². The number of rotatable bonds is 6. The standard InChI is InChI=1S/C23H21N3O/c27-23-21-13-7-8-14-22(21)24-17-26(23)18-25(15-19-9-3-1-4-10-19)16-20-11-5-2-6-12-20/h1-14,17H,15-16,18H2/p+1. The summed E-state index contributed by atoms with van der Waals surface area (Å²) in [6.45, 7) is 2.25. The molecule has 4 nitrogen and oxygen atoms in total. The molecule has 0 unspecified atom stereocenters. The third-order valence-corrected chi connectivity index (χ3v) is 4.72. The van der Waals surface area contributed by atoms with E-state index in [1.807, 2.05) is 36.4 Å². The first kappa shape index (κ1) is 17.2. The molecule has 0 fully saturated rings. The van der Waals surface area contributed by atoms with Gasteiger partial charge in [0.05, 0.1) is 10.9 Å². The highest BCUT2D eigenvalue weighted by Gasteiger charge is 2.14. The van der Waals surface area contributed by atoms with Crippen molar-refractivity contribution in [1.82, 2.24) is 9.55 Å². The van der Waals surface area contributed by atoms with Gasteiger partial charge in [-0.15, -0.1) is 0 Å². The summed E-state index contributed by atoms with van der Waals surface area (Å²) in [5, 5.41) is 0.666. The number of hydrogen-bond donors (Lipinski definition) is 1. The van der Waals surface area contributed by atoms with Crippen molar-refractivity contribution in [3.8, 4) is 0 Å². The Morgan fingerprint density at radius 2 is 1.30 bits per heavy atom. The van der Waals surface area contributed by atoms with Crippen molar-refractivity contribution in [2.45, 2.75) is 19.8 Å². The molecular formula is C23H22N3O+. The molecule has 134 valence electrons. The predicted octanol–water partition coefficient (Wildman–Crippen LogP) is 2.64. The number of para-hydroxylation sites is 1. The number of benzene rings is 3. The fraction of sp³-hybridized carbons (Fsp3) is 0.130. The molecule has 0 aliphatic rings. The second kappa shape index (κ2) is 7.98. The van der Waals surface area contributed by atoms with Crippen molar-refractivity contribution in [2.75, 3.05) is 0 Å². The lowest BCUT2D eigenvalue weighted by Crippen LogP contribution is -3.09. The number of hydrogen-bond acceptors (Lipinski definition) is 2. The molecule has 0 spiro atoms. The van der Waals surface area contributed by atoms with Crippen LogP contribution in [0, 0.1) is 0 Å². The minimum Gasteiger partial charge on any atom is -0.310 e. The van der Waals surface area contributed by atoms with Gasteiger partial charge in [-0.05, 0) is 12.1 Å².